The number of fused-ring (bicyclic) bond motifs is 1. The maximum absolute atomic E-state index is 11.1. The summed E-state index contributed by atoms with van der Waals surface area (Å²) in [6.07, 6.45) is 4.09. The summed E-state index contributed by atoms with van der Waals surface area (Å²) in [6.45, 7) is 0.600. The summed E-state index contributed by atoms with van der Waals surface area (Å²) in [6, 6.07) is 3.98. The van der Waals surface area contributed by atoms with Crippen LogP contribution in [0.5, 0.6) is 0 Å². The van der Waals surface area contributed by atoms with E-state index < -0.39 is 0 Å². The number of halogens is 1. The van der Waals surface area contributed by atoms with Crippen LogP contribution >= 0.6 is 22.6 Å². The fourth-order valence-electron chi connectivity index (χ4n) is 1.55. The van der Waals surface area contributed by atoms with Crippen LogP contribution in [0, 0.1) is 3.57 Å². The molecule has 0 spiro atoms. The standard InChI is InChI=1S/C11H11IN2O2/c1-16-10(15)4-7-14-6-3-8-9(12)2-5-13-11(8)14/h2-3,5-6H,4,7H2,1H3. The molecule has 2 heterocycles. The van der Waals surface area contributed by atoms with Gasteiger partial charge in [-0.3, -0.25) is 4.79 Å². The second-order valence-corrected chi connectivity index (χ2v) is 4.53. The zero-order chi connectivity index (χ0) is 11.5. The molecule has 0 aliphatic rings. The van der Waals surface area contributed by atoms with Crippen molar-refractivity contribution in [2.75, 3.05) is 7.11 Å². The van der Waals surface area contributed by atoms with Crippen LogP contribution in [0.15, 0.2) is 24.5 Å². The first kappa shape index (κ1) is 11.4. The highest BCUT2D eigenvalue weighted by Crippen LogP contribution is 2.19. The molecule has 0 atom stereocenters. The second-order valence-electron chi connectivity index (χ2n) is 3.37. The predicted octanol–water partition coefficient (Wildman–Crippen LogP) is 2.20. The van der Waals surface area contributed by atoms with Gasteiger partial charge < -0.3 is 9.30 Å². The lowest BCUT2D eigenvalue weighted by molar-refractivity contribution is -0.140. The summed E-state index contributed by atoms with van der Waals surface area (Å²) in [5, 5.41) is 1.12. The fraction of sp³-hybridized carbons (Fsp3) is 0.273. The first-order chi connectivity index (χ1) is 7.72. The molecule has 2 rings (SSSR count). The zero-order valence-electron chi connectivity index (χ0n) is 8.81. The Kier molecular flexibility index (Phi) is 3.42. The van der Waals surface area contributed by atoms with Gasteiger partial charge in [-0.1, -0.05) is 0 Å². The molecule has 84 valence electrons. The molecule has 0 N–H and O–H groups in total. The molecular weight excluding hydrogens is 319 g/mol. The number of methoxy groups -OCH3 is 1. The Hall–Kier alpha value is -1.11. The molecule has 2 aromatic rings. The Labute approximate surface area is 107 Å². The van der Waals surface area contributed by atoms with Crippen molar-refractivity contribution in [3.63, 3.8) is 0 Å². The quantitative estimate of drug-likeness (QED) is 0.640. The molecule has 0 aliphatic heterocycles. The molecule has 0 aliphatic carbocycles. The number of nitrogens with zero attached hydrogens (tertiary/aromatic N) is 2. The largest absolute Gasteiger partial charge is 0.469 e. The van der Waals surface area contributed by atoms with Crippen molar-refractivity contribution in [3.05, 3.63) is 28.1 Å². The van der Waals surface area contributed by atoms with Gasteiger partial charge in [0.05, 0.1) is 13.5 Å². The molecule has 0 unspecified atom stereocenters. The summed E-state index contributed by atoms with van der Waals surface area (Å²) in [5.41, 5.74) is 0.913. The van der Waals surface area contributed by atoms with Gasteiger partial charge in [-0.2, -0.15) is 0 Å². The third-order valence-corrected chi connectivity index (χ3v) is 3.33. The van der Waals surface area contributed by atoms with Gasteiger partial charge in [0, 0.05) is 27.9 Å². The molecule has 0 aromatic carbocycles. The Morgan fingerprint density at radius 3 is 3.12 bits per heavy atom. The minimum absolute atomic E-state index is 0.201. The smallest absolute Gasteiger partial charge is 0.307 e. The van der Waals surface area contributed by atoms with E-state index in [1.807, 2.05) is 22.9 Å². The van der Waals surface area contributed by atoms with E-state index in [1.54, 1.807) is 6.20 Å². The highest BCUT2D eigenvalue weighted by atomic mass is 127. The highest BCUT2D eigenvalue weighted by molar-refractivity contribution is 14.1. The summed E-state index contributed by atoms with van der Waals surface area (Å²) < 4.78 is 7.74. The SMILES string of the molecule is COC(=O)CCn1ccc2c(I)ccnc21. The lowest BCUT2D eigenvalue weighted by Gasteiger charge is -2.03. The van der Waals surface area contributed by atoms with Crippen LogP contribution in [-0.2, 0) is 16.1 Å². The van der Waals surface area contributed by atoms with Crippen LogP contribution < -0.4 is 0 Å². The van der Waals surface area contributed by atoms with E-state index in [2.05, 4.69) is 32.3 Å². The van der Waals surface area contributed by atoms with Gasteiger partial charge in [0.2, 0.25) is 0 Å². The molecule has 2 aromatic heterocycles. The molecule has 5 heteroatoms. The van der Waals surface area contributed by atoms with Crippen LogP contribution in [0.4, 0.5) is 0 Å². The summed E-state index contributed by atoms with van der Waals surface area (Å²) in [4.78, 5) is 15.4. The number of hydrogen-bond acceptors (Lipinski definition) is 3. The van der Waals surface area contributed by atoms with Gasteiger partial charge in [-0.15, -0.1) is 0 Å². The van der Waals surface area contributed by atoms with E-state index in [-0.39, 0.29) is 5.97 Å². The van der Waals surface area contributed by atoms with Gasteiger partial charge in [0.1, 0.15) is 5.65 Å². The lowest BCUT2D eigenvalue weighted by Crippen LogP contribution is -2.06. The Balaban J connectivity index is 2.25. The Bertz CT molecular complexity index is 522. The van der Waals surface area contributed by atoms with E-state index >= 15 is 0 Å². The summed E-state index contributed by atoms with van der Waals surface area (Å²) in [7, 11) is 1.40. The predicted molar refractivity (Wildman–Crippen MR) is 69.1 cm³/mol. The zero-order valence-corrected chi connectivity index (χ0v) is 11.0. The van der Waals surface area contributed by atoms with Crippen LogP contribution in [0.2, 0.25) is 0 Å². The van der Waals surface area contributed by atoms with Crippen molar-refractivity contribution in [2.24, 2.45) is 0 Å². The molecular formula is C11H11IN2O2. The van der Waals surface area contributed by atoms with Crippen molar-refractivity contribution in [2.45, 2.75) is 13.0 Å². The monoisotopic (exact) mass is 330 g/mol. The molecule has 0 bridgehead atoms. The maximum Gasteiger partial charge on any atom is 0.307 e. The van der Waals surface area contributed by atoms with Crippen LogP contribution in [-0.4, -0.2) is 22.6 Å². The van der Waals surface area contributed by atoms with E-state index in [0.29, 0.717) is 13.0 Å². The number of hydrogen-bond donors (Lipinski definition) is 0. The third kappa shape index (κ3) is 2.18. The van der Waals surface area contributed by atoms with E-state index in [1.165, 1.54) is 10.7 Å². The molecule has 0 fully saturated rings. The Morgan fingerprint density at radius 1 is 1.56 bits per heavy atom. The van der Waals surface area contributed by atoms with E-state index in [0.717, 1.165) is 11.0 Å². The van der Waals surface area contributed by atoms with Crippen LogP contribution in [0.1, 0.15) is 6.42 Å². The van der Waals surface area contributed by atoms with E-state index in [4.69, 9.17) is 0 Å². The molecule has 0 saturated heterocycles. The highest BCUT2D eigenvalue weighted by Gasteiger charge is 2.06. The number of pyridine rings is 1. The van der Waals surface area contributed by atoms with Gasteiger partial charge in [0.25, 0.3) is 0 Å². The number of ether oxygens (including phenoxy) is 1. The molecule has 0 amide bonds. The number of carbonyl (C=O) groups excluding carboxylic acids is 1. The molecule has 0 saturated carbocycles. The normalized spacial score (nSPS) is 10.6. The van der Waals surface area contributed by atoms with Crippen molar-refractivity contribution in [3.8, 4) is 0 Å². The molecule has 16 heavy (non-hydrogen) atoms. The molecule has 0 radical (unpaired) electrons. The minimum atomic E-state index is -0.201. The van der Waals surface area contributed by atoms with Gasteiger partial charge in [0.15, 0.2) is 0 Å². The van der Waals surface area contributed by atoms with Crippen molar-refractivity contribution < 1.29 is 9.53 Å². The third-order valence-electron chi connectivity index (χ3n) is 2.39. The first-order valence-corrected chi connectivity index (χ1v) is 5.96. The summed E-state index contributed by atoms with van der Waals surface area (Å²) >= 11 is 2.28. The van der Waals surface area contributed by atoms with Gasteiger partial charge in [-0.05, 0) is 34.7 Å². The van der Waals surface area contributed by atoms with Gasteiger partial charge >= 0.3 is 5.97 Å². The van der Waals surface area contributed by atoms with Crippen LogP contribution in [0.3, 0.4) is 0 Å². The van der Waals surface area contributed by atoms with Gasteiger partial charge in [-0.25, -0.2) is 4.98 Å². The Morgan fingerprint density at radius 2 is 2.38 bits per heavy atom. The number of esters is 1. The number of carbonyl (C=O) groups is 1. The first-order valence-electron chi connectivity index (χ1n) is 4.88. The fourth-order valence-corrected chi connectivity index (χ4v) is 2.13. The second kappa shape index (κ2) is 4.82. The van der Waals surface area contributed by atoms with Crippen LogP contribution in [0.25, 0.3) is 11.0 Å². The topological polar surface area (TPSA) is 44.1 Å². The van der Waals surface area contributed by atoms with E-state index in [9.17, 15) is 4.79 Å². The molecule has 4 nitrogen and oxygen atoms in total. The maximum atomic E-state index is 11.1. The van der Waals surface area contributed by atoms with Crippen molar-refractivity contribution in [1.82, 2.24) is 9.55 Å². The average molecular weight is 330 g/mol. The van der Waals surface area contributed by atoms with Crippen molar-refractivity contribution >= 4 is 39.6 Å². The number of rotatable bonds is 3. The summed E-state index contributed by atoms with van der Waals surface area (Å²) in [5.74, 6) is -0.201. The lowest BCUT2D eigenvalue weighted by atomic mass is 10.3. The average Bonchev–Trinajstić information content (AvgIpc) is 2.70. The number of aromatic nitrogens is 2. The van der Waals surface area contributed by atoms with Crippen molar-refractivity contribution in [1.29, 1.82) is 0 Å². The number of aryl methyl sites for hydroxylation is 1. The minimum Gasteiger partial charge on any atom is -0.469 e.